The quantitative estimate of drug-likeness (QED) is 0.348. The van der Waals surface area contributed by atoms with Gasteiger partial charge in [0.15, 0.2) is 11.9 Å². The van der Waals surface area contributed by atoms with Crippen LogP contribution in [0.1, 0.15) is 13.3 Å². The fourth-order valence-electron chi connectivity index (χ4n) is 3.28. The van der Waals surface area contributed by atoms with E-state index in [1.807, 2.05) is 30.3 Å². The largest absolute Gasteiger partial charge is 0.473 e. The molecule has 3 aromatic carbocycles. The van der Waals surface area contributed by atoms with Crippen molar-refractivity contribution < 1.29 is 13.9 Å². The normalized spacial score (nSPS) is 11.8. The van der Waals surface area contributed by atoms with Gasteiger partial charge in [0, 0.05) is 10.6 Å². The lowest BCUT2D eigenvalue weighted by atomic mass is 10.1. The lowest BCUT2D eigenvalue weighted by molar-refractivity contribution is -0.122. The van der Waals surface area contributed by atoms with Crippen molar-refractivity contribution in [1.82, 2.24) is 0 Å². The molecule has 162 valence electrons. The highest BCUT2D eigenvalue weighted by Gasteiger charge is 2.25. The molecule has 4 aromatic rings. The summed E-state index contributed by atoms with van der Waals surface area (Å²) < 4.78 is 12.0. The number of hydrogen-bond acceptors (Lipinski definition) is 4. The highest BCUT2D eigenvalue weighted by Crippen LogP contribution is 2.32. The Morgan fingerprint density at radius 3 is 2.47 bits per heavy atom. The molecule has 0 saturated heterocycles. The van der Waals surface area contributed by atoms with Crippen LogP contribution in [0.15, 0.2) is 82.0 Å². The van der Waals surface area contributed by atoms with Crippen LogP contribution in [-0.2, 0) is 4.79 Å². The molecule has 1 heterocycles. The maximum absolute atomic E-state index is 13.3. The van der Waals surface area contributed by atoms with Crippen LogP contribution in [0.5, 0.6) is 5.75 Å². The van der Waals surface area contributed by atoms with Crippen LogP contribution in [0.3, 0.4) is 0 Å². The number of hydrogen-bond donors (Lipinski definition) is 1. The Morgan fingerprint density at radius 1 is 1.03 bits per heavy atom. The van der Waals surface area contributed by atoms with E-state index < -0.39 is 12.0 Å². The molecule has 7 heteroatoms. The molecular formula is C25H19Cl2NO4. The van der Waals surface area contributed by atoms with Crippen LogP contribution >= 0.6 is 23.2 Å². The average molecular weight is 468 g/mol. The number of fused-ring (bicyclic) bond motifs is 1. The number of amides is 1. The molecule has 1 amide bonds. The minimum atomic E-state index is -0.951. The van der Waals surface area contributed by atoms with Crippen LogP contribution in [-0.4, -0.2) is 12.0 Å². The van der Waals surface area contributed by atoms with Gasteiger partial charge in [0.25, 0.3) is 5.91 Å². The number of halogens is 2. The van der Waals surface area contributed by atoms with Crippen molar-refractivity contribution >= 4 is 45.8 Å². The predicted molar refractivity (Wildman–Crippen MR) is 128 cm³/mol. The van der Waals surface area contributed by atoms with Crippen molar-refractivity contribution in [2.45, 2.75) is 19.4 Å². The number of ether oxygens (including phenoxy) is 1. The zero-order chi connectivity index (χ0) is 22.7. The fraction of sp³-hybridized carbons (Fsp3) is 0.120. The van der Waals surface area contributed by atoms with E-state index in [0.717, 1.165) is 0 Å². The number of carbonyl (C=O) groups excluding carboxylic acids is 1. The molecule has 0 aliphatic heterocycles. The number of anilines is 1. The third-order valence-corrected chi connectivity index (χ3v) is 5.45. The van der Waals surface area contributed by atoms with Crippen molar-refractivity contribution in [1.29, 1.82) is 0 Å². The van der Waals surface area contributed by atoms with Gasteiger partial charge >= 0.3 is 0 Å². The standard InChI is InChI=1S/C25H19Cl2NO4/c1-2-20(25(30)28-19-13-12-16(26)14-18(19)27)31-24-22(29)17-10-6-7-11-21(17)32-23(24)15-8-4-3-5-9-15/h3-14,20H,2H2,1H3,(H,28,30). The van der Waals surface area contributed by atoms with E-state index in [2.05, 4.69) is 5.32 Å². The molecule has 1 atom stereocenters. The Balaban J connectivity index is 1.73. The summed E-state index contributed by atoms with van der Waals surface area (Å²) in [5, 5.41) is 3.87. The molecule has 1 unspecified atom stereocenters. The summed E-state index contributed by atoms with van der Waals surface area (Å²) in [6.07, 6.45) is -0.634. The van der Waals surface area contributed by atoms with Gasteiger partial charge in [0.05, 0.1) is 16.1 Å². The first-order chi connectivity index (χ1) is 15.5. The van der Waals surface area contributed by atoms with E-state index in [4.69, 9.17) is 32.4 Å². The van der Waals surface area contributed by atoms with Crippen LogP contribution < -0.4 is 15.5 Å². The second kappa shape index (κ2) is 9.47. The minimum absolute atomic E-state index is 0.0147. The first kappa shape index (κ1) is 21.9. The highest BCUT2D eigenvalue weighted by atomic mass is 35.5. The number of carbonyl (C=O) groups is 1. The molecule has 0 aliphatic rings. The van der Waals surface area contributed by atoms with Gasteiger partial charge in [-0.3, -0.25) is 9.59 Å². The maximum atomic E-state index is 13.3. The van der Waals surface area contributed by atoms with Crippen LogP contribution in [0.25, 0.3) is 22.3 Å². The summed E-state index contributed by atoms with van der Waals surface area (Å²) in [5.41, 5.74) is 1.16. The summed E-state index contributed by atoms with van der Waals surface area (Å²) in [4.78, 5) is 26.2. The maximum Gasteiger partial charge on any atom is 0.265 e. The van der Waals surface area contributed by atoms with Gasteiger partial charge in [0.2, 0.25) is 11.2 Å². The van der Waals surface area contributed by atoms with E-state index in [9.17, 15) is 9.59 Å². The van der Waals surface area contributed by atoms with E-state index >= 15 is 0 Å². The number of nitrogens with one attached hydrogen (secondary N) is 1. The minimum Gasteiger partial charge on any atom is -0.473 e. The zero-order valence-corrected chi connectivity index (χ0v) is 18.6. The van der Waals surface area contributed by atoms with Crippen molar-refractivity contribution in [3.05, 3.63) is 93.1 Å². The number of para-hydroxylation sites is 1. The molecule has 5 nitrogen and oxygen atoms in total. The Kier molecular flexibility index (Phi) is 6.49. The van der Waals surface area contributed by atoms with E-state index in [0.29, 0.717) is 38.7 Å². The molecule has 1 N–H and O–H groups in total. The second-order valence-electron chi connectivity index (χ2n) is 7.08. The molecule has 0 bridgehead atoms. The van der Waals surface area contributed by atoms with Gasteiger partial charge < -0.3 is 14.5 Å². The monoisotopic (exact) mass is 467 g/mol. The van der Waals surface area contributed by atoms with Gasteiger partial charge in [-0.15, -0.1) is 0 Å². The Bertz CT molecular complexity index is 1340. The summed E-state index contributed by atoms with van der Waals surface area (Å²) in [6.45, 7) is 1.79. The molecule has 4 rings (SSSR count). The van der Waals surface area contributed by atoms with Crippen molar-refractivity contribution in [3.8, 4) is 17.1 Å². The van der Waals surface area contributed by atoms with Crippen molar-refractivity contribution in [2.75, 3.05) is 5.32 Å². The SMILES string of the molecule is CCC(Oc1c(-c2ccccc2)oc2ccccc2c1=O)C(=O)Nc1ccc(Cl)cc1Cl. The van der Waals surface area contributed by atoms with Crippen LogP contribution in [0.2, 0.25) is 10.0 Å². The molecular weight excluding hydrogens is 449 g/mol. The van der Waals surface area contributed by atoms with E-state index in [1.54, 1.807) is 43.3 Å². The zero-order valence-electron chi connectivity index (χ0n) is 17.1. The van der Waals surface area contributed by atoms with Gasteiger partial charge in [-0.05, 0) is 36.8 Å². The van der Waals surface area contributed by atoms with Crippen LogP contribution in [0, 0.1) is 0 Å². The van der Waals surface area contributed by atoms with Gasteiger partial charge in [-0.2, -0.15) is 0 Å². The number of rotatable bonds is 6. The van der Waals surface area contributed by atoms with Crippen LogP contribution in [0.4, 0.5) is 5.69 Å². The summed E-state index contributed by atoms with van der Waals surface area (Å²) in [6, 6.07) is 20.8. The first-order valence-corrected chi connectivity index (χ1v) is 10.8. The van der Waals surface area contributed by atoms with Crippen molar-refractivity contribution in [2.24, 2.45) is 0 Å². The highest BCUT2D eigenvalue weighted by molar-refractivity contribution is 6.36. The van der Waals surface area contributed by atoms with E-state index in [1.165, 1.54) is 6.07 Å². The molecule has 0 saturated carbocycles. The molecule has 0 fully saturated rings. The first-order valence-electron chi connectivity index (χ1n) is 10.0. The Morgan fingerprint density at radius 2 is 1.75 bits per heavy atom. The third-order valence-electron chi connectivity index (χ3n) is 4.90. The summed E-state index contributed by atoms with van der Waals surface area (Å²) >= 11 is 12.1. The Hall–Kier alpha value is -3.28. The predicted octanol–water partition coefficient (Wildman–Crippen LogP) is 6.56. The van der Waals surface area contributed by atoms with Gasteiger partial charge in [0.1, 0.15) is 5.58 Å². The molecule has 1 aromatic heterocycles. The molecule has 32 heavy (non-hydrogen) atoms. The van der Waals surface area contributed by atoms with Gasteiger partial charge in [-0.25, -0.2) is 0 Å². The lowest BCUT2D eigenvalue weighted by Gasteiger charge is -2.19. The van der Waals surface area contributed by atoms with E-state index in [-0.39, 0.29) is 16.9 Å². The fourth-order valence-corrected chi connectivity index (χ4v) is 3.74. The molecule has 0 aliphatic carbocycles. The Labute approximate surface area is 194 Å². The molecule has 0 radical (unpaired) electrons. The smallest absolute Gasteiger partial charge is 0.265 e. The third kappa shape index (κ3) is 4.49. The topological polar surface area (TPSA) is 68.5 Å². The van der Waals surface area contributed by atoms with Gasteiger partial charge in [-0.1, -0.05) is 72.6 Å². The summed E-state index contributed by atoms with van der Waals surface area (Å²) in [5.74, 6) is -0.188. The summed E-state index contributed by atoms with van der Waals surface area (Å²) in [7, 11) is 0. The molecule has 0 spiro atoms. The van der Waals surface area contributed by atoms with Crippen molar-refractivity contribution in [3.63, 3.8) is 0 Å². The lowest BCUT2D eigenvalue weighted by Crippen LogP contribution is -2.34. The number of benzene rings is 3. The average Bonchev–Trinajstić information content (AvgIpc) is 2.81. The second-order valence-corrected chi connectivity index (χ2v) is 7.92.